The van der Waals surface area contributed by atoms with Crippen LogP contribution >= 0.6 is 0 Å². The minimum absolute atomic E-state index is 0.139. The van der Waals surface area contributed by atoms with E-state index in [1.54, 1.807) is 0 Å². The van der Waals surface area contributed by atoms with Gasteiger partial charge in [0.05, 0.1) is 0 Å². The van der Waals surface area contributed by atoms with Crippen molar-refractivity contribution in [2.45, 2.75) is 76.3 Å². The van der Waals surface area contributed by atoms with Gasteiger partial charge in [0.2, 0.25) is 11.8 Å². The maximum absolute atomic E-state index is 12.6. The molecule has 5 heteroatoms. The number of nitrogens with zero attached hydrogens (tertiary/aromatic N) is 1. The number of nitrogens with one attached hydrogen (secondary N) is 1. The number of hydrogen-bond donors (Lipinski definition) is 2. The topological polar surface area (TPSA) is 75.4 Å². The highest BCUT2D eigenvalue weighted by Crippen LogP contribution is 2.29. The molecule has 130 valence electrons. The zero-order valence-corrected chi connectivity index (χ0v) is 14.1. The van der Waals surface area contributed by atoms with E-state index in [1.165, 1.54) is 12.8 Å². The van der Waals surface area contributed by atoms with Crippen LogP contribution in [0.4, 0.5) is 0 Å². The number of carbonyl (C=O) groups excluding carboxylic acids is 2. The second kappa shape index (κ2) is 7.65. The second-order valence-corrected chi connectivity index (χ2v) is 7.73. The zero-order valence-electron chi connectivity index (χ0n) is 14.1. The van der Waals surface area contributed by atoms with Gasteiger partial charge in [0.25, 0.3) is 0 Å². The minimum atomic E-state index is 0.139. The highest BCUT2D eigenvalue weighted by molar-refractivity contribution is 5.80. The van der Waals surface area contributed by atoms with Crippen LogP contribution in [0.15, 0.2) is 0 Å². The summed E-state index contributed by atoms with van der Waals surface area (Å²) < 4.78 is 0. The average Bonchev–Trinajstić information content (AvgIpc) is 3.09. The molecule has 2 amide bonds. The SMILES string of the molecule is NC1CCCN(C(=O)C2CCC(NC(=O)C3CCCC3)CC2)C1. The van der Waals surface area contributed by atoms with Gasteiger partial charge in [-0.2, -0.15) is 0 Å². The van der Waals surface area contributed by atoms with Crippen molar-refractivity contribution in [1.29, 1.82) is 0 Å². The van der Waals surface area contributed by atoms with E-state index < -0.39 is 0 Å². The lowest BCUT2D eigenvalue weighted by Gasteiger charge is -2.36. The monoisotopic (exact) mass is 321 g/mol. The fourth-order valence-corrected chi connectivity index (χ4v) is 4.46. The van der Waals surface area contributed by atoms with Gasteiger partial charge in [0.1, 0.15) is 0 Å². The molecule has 3 fully saturated rings. The molecule has 3 N–H and O–H groups in total. The average molecular weight is 321 g/mol. The first kappa shape index (κ1) is 16.7. The van der Waals surface area contributed by atoms with Gasteiger partial charge in [-0.15, -0.1) is 0 Å². The predicted octanol–water partition coefficient (Wildman–Crippen LogP) is 1.80. The van der Waals surface area contributed by atoms with Crippen LogP contribution in [0.1, 0.15) is 64.2 Å². The van der Waals surface area contributed by atoms with Gasteiger partial charge in [-0.25, -0.2) is 0 Å². The largest absolute Gasteiger partial charge is 0.353 e. The number of nitrogens with two attached hydrogens (primary N) is 1. The van der Waals surface area contributed by atoms with E-state index in [4.69, 9.17) is 5.73 Å². The normalized spacial score (nSPS) is 32.7. The van der Waals surface area contributed by atoms with Crippen LogP contribution in [0.2, 0.25) is 0 Å². The van der Waals surface area contributed by atoms with E-state index in [0.717, 1.165) is 64.5 Å². The Balaban J connectivity index is 1.42. The quantitative estimate of drug-likeness (QED) is 0.832. The highest BCUT2D eigenvalue weighted by Gasteiger charge is 2.32. The first-order chi connectivity index (χ1) is 11.1. The Labute approximate surface area is 139 Å². The molecule has 1 aliphatic heterocycles. The number of rotatable bonds is 3. The fraction of sp³-hybridized carbons (Fsp3) is 0.889. The molecule has 2 aliphatic carbocycles. The van der Waals surface area contributed by atoms with Crippen LogP contribution in [-0.4, -0.2) is 41.9 Å². The van der Waals surface area contributed by atoms with Gasteiger partial charge in [-0.05, 0) is 51.4 Å². The van der Waals surface area contributed by atoms with Crippen molar-refractivity contribution < 1.29 is 9.59 Å². The lowest BCUT2D eigenvalue weighted by atomic mass is 9.84. The first-order valence-corrected chi connectivity index (χ1v) is 9.48. The number of piperidine rings is 1. The number of hydrogen-bond acceptors (Lipinski definition) is 3. The molecule has 3 aliphatic rings. The number of carbonyl (C=O) groups is 2. The molecule has 0 spiro atoms. The molecule has 2 saturated carbocycles. The van der Waals surface area contributed by atoms with Crippen LogP contribution in [0.5, 0.6) is 0 Å². The summed E-state index contributed by atoms with van der Waals surface area (Å²) in [6, 6.07) is 0.422. The van der Waals surface area contributed by atoms with Crippen molar-refractivity contribution in [3.8, 4) is 0 Å². The standard InChI is InChI=1S/C18H31N3O2/c19-15-6-3-11-21(12-15)18(23)14-7-9-16(10-8-14)20-17(22)13-4-1-2-5-13/h13-16H,1-12,19H2,(H,20,22). The fourth-order valence-electron chi connectivity index (χ4n) is 4.46. The van der Waals surface area contributed by atoms with Crippen molar-refractivity contribution in [3.05, 3.63) is 0 Å². The number of likely N-dealkylation sites (tertiary alicyclic amines) is 1. The molecular weight excluding hydrogens is 290 g/mol. The van der Waals surface area contributed by atoms with E-state index in [9.17, 15) is 9.59 Å². The summed E-state index contributed by atoms with van der Waals surface area (Å²) in [5.41, 5.74) is 5.99. The molecule has 0 bridgehead atoms. The Morgan fingerprint density at radius 2 is 1.57 bits per heavy atom. The zero-order chi connectivity index (χ0) is 16.2. The molecule has 1 saturated heterocycles. The molecule has 0 aromatic carbocycles. The third-order valence-electron chi connectivity index (χ3n) is 5.92. The van der Waals surface area contributed by atoms with E-state index in [0.29, 0.717) is 5.91 Å². The summed E-state index contributed by atoms with van der Waals surface area (Å²) in [5, 5.41) is 3.22. The van der Waals surface area contributed by atoms with Crippen molar-refractivity contribution in [2.75, 3.05) is 13.1 Å². The van der Waals surface area contributed by atoms with Crippen LogP contribution in [0.3, 0.4) is 0 Å². The molecular formula is C18H31N3O2. The lowest BCUT2D eigenvalue weighted by Crippen LogP contribution is -2.49. The van der Waals surface area contributed by atoms with Gasteiger partial charge in [-0.3, -0.25) is 9.59 Å². The number of amides is 2. The summed E-state index contributed by atoms with van der Waals surface area (Å²) in [6.45, 7) is 1.59. The molecule has 3 rings (SSSR count). The van der Waals surface area contributed by atoms with Crippen LogP contribution < -0.4 is 11.1 Å². The smallest absolute Gasteiger partial charge is 0.225 e. The Kier molecular flexibility index (Phi) is 5.57. The minimum Gasteiger partial charge on any atom is -0.353 e. The predicted molar refractivity (Wildman–Crippen MR) is 89.6 cm³/mol. The molecule has 1 unspecified atom stereocenters. The summed E-state index contributed by atoms with van der Waals surface area (Å²) in [7, 11) is 0. The van der Waals surface area contributed by atoms with Crippen LogP contribution in [-0.2, 0) is 9.59 Å². The molecule has 5 nitrogen and oxygen atoms in total. The Hall–Kier alpha value is -1.10. The van der Waals surface area contributed by atoms with Gasteiger partial charge >= 0.3 is 0 Å². The molecule has 1 atom stereocenters. The van der Waals surface area contributed by atoms with Gasteiger partial charge < -0.3 is 16.0 Å². The maximum Gasteiger partial charge on any atom is 0.225 e. The van der Waals surface area contributed by atoms with Gasteiger partial charge in [0.15, 0.2) is 0 Å². The van der Waals surface area contributed by atoms with Crippen molar-refractivity contribution in [1.82, 2.24) is 10.2 Å². The van der Waals surface area contributed by atoms with E-state index in [2.05, 4.69) is 5.32 Å². The summed E-state index contributed by atoms with van der Waals surface area (Å²) in [5.74, 6) is 0.920. The highest BCUT2D eigenvalue weighted by atomic mass is 16.2. The molecule has 0 aromatic rings. The first-order valence-electron chi connectivity index (χ1n) is 9.48. The molecule has 23 heavy (non-hydrogen) atoms. The molecule has 1 heterocycles. The third-order valence-corrected chi connectivity index (χ3v) is 5.92. The maximum atomic E-state index is 12.6. The lowest BCUT2D eigenvalue weighted by molar-refractivity contribution is -0.138. The Morgan fingerprint density at radius 1 is 0.870 bits per heavy atom. The van der Waals surface area contributed by atoms with E-state index in [-0.39, 0.29) is 29.8 Å². The summed E-state index contributed by atoms with van der Waals surface area (Å²) in [4.78, 5) is 26.8. The van der Waals surface area contributed by atoms with E-state index in [1.807, 2.05) is 4.90 Å². The van der Waals surface area contributed by atoms with Crippen LogP contribution in [0.25, 0.3) is 0 Å². The van der Waals surface area contributed by atoms with Gasteiger partial charge in [-0.1, -0.05) is 12.8 Å². The van der Waals surface area contributed by atoms with Crippen LogP contribution in [0, 0.1) is 11.8 Å². The van der Waals surface area contributed by atoms with Crippen molar-refractivity contribution in [3.63, 3.8) is 0 Å². The van der Waals surface area contributed by atoms with Crippen molar-refractivity contribution in [2.24, 2.45) is 17.6 Å². The van der Waals surface area contributed by atoms with E-state index >= 15 is 0 Å². The Bertz CT molecular complexity index is 426. The van der Waals surface area contributed by atoms with Gasteiger partial charge in [0, 0.05) is 37.0 Å². The van der Waals surface area contributed by atoms with Crippen molar-refractivity contribution >= 4 is 11.8 Å². The molecule has 0 radical (unpaired) electrons. The third kappa shape index (κ3) is 4.25. The second-order valence-electron chi connectivity index (χ2n) is 7.73. The summed E-state index contributed by atoms with van der Waals surface area (Å²) >= 11 is 0. The molecule has 0 aromatic heterocycles. The Morgan fingerprint density at radius 3 is 2.22 bits per heavy atom. The summed E-state index contributed by atoms with van der Waals surface area (Å²) in [6.07, 6.45) is 10.2.